The van der Waals surface area contributed by atoms with E-state index in [9.17, 15) is 0 Å². The normalized spacial score (nSPS) is 11.2. The van der Waals surface area contributed by atoms with Gasteiger partial charge in [-0.2, -0.15) is 5.10 Å². The highest BCUT2D eigenvalue weighted by atomic mass is 16.5. The second kappa shape index (κ2) is 6.75. The van der Waals surface area contributed by atoms with Gasteiger partial charge >= 0.3 is 0 Å². The lowest BCUT2D eigenvalue weighted by molar-refractivity contribution is 0.416. The largest absolute Gasteiger partial charge is 0.495 e. The van der Waals surface area contributed by atoms with E-state index < -0.39 is 0 Å². The summed E-state index contributed by atoms with van der Waals surface area (Å²) in [7, 11) is 1.67. The molecule has 0 bridgehead atoms. The van der Waals surface area contributed by atoms with Crippen molar-refractivity contribution in [3.8, 4) is 16.9 Å². The molecule has 1 N–H and O–H groups in total. The van der Waals surface area contributed by atoms with Crippen LogP contribution in [0.25, 0.3) is 11.1 Å². The molecule has 2 aromatic rings. The highest BCUT2D eigenvalue weighted by molar-refractivity contribution is 5.82. The van der Waals surface area contributed by atoms with Crippen LogP contribution in [0.1, 0.15) is 20.3 Å². The van der Waals surface area contributed by atoms with E-state index in [0.29, 0.717) is 0 Å². The Labute approximate surface area is 120 Å². The molecule has 0 unspecified atom stereocenters. The maximum atomic E-state index is 5.37. The average molecular weight is 268 g/mol. The summed E-state index contributed by atoms with van der Waals surface area (Å²) in [5.41, 5.74) is 7.33. The van der Waals surface area contributed by atoms with Gasteiger partial charge in [-0.05, 0) is 36.6 Å². The number of nitrogens with one attached hydrogen (secondary N) is 1. The summed E-state index contributed by atoms with van der Waals surface area (Å²) in [5, 5.41) is 4.34. The number of hydrazone groups is 1. The Morgan fingerprint density at radius 3 is 2.50 bits per heavy atom. The summed E-state index contributed by atoms with van der Waals surface area (Å²) < 4.78 is 5.37. The molecule has 0 heterocycles. The highest BCUT2D eigenvalue weighted by Crippen LogP contribution is 2.30. The number of methoxy groups -OCH3 is 1. The monoisotopic (exact) mass is 268 g/mol. The first-order chi connectivity index (χ1) is 9.74. The van der Waals surface area contributed by atoms with E-state index in [1.807, 2.05) is 31.2 Å². The number of hydrogen-bond acceptors (Lipinski definition) is 3. The SMILES string of the molecule is CC/C(C)=N/Nc1cc(-c2ccccc2)ccc1OC. The molecule has 20 heavy (non-hydrogen) atoms. The van der Waals surface area contributed by atoms with Crippen molar-refractivity contribution in [3.63, 3.8) is 0 Å². The molecule has 0 saturated carbocycles. The first kappa shape index (κ1) is 14.1. The summed E-state index contributed by atoms with van der Waals surface area (Å²) in [6.07, 6.45) is 0.924. The van der Waals surface area contributed by atoms with Crippen molar-refractivity contribution >= 4 is 11.4 Å². The first-order valence-corrected chi connectivity index (χ1v) is 6.77. The molecule has 0 aliphatic carbocycles. The molecule has 0 aromatic heterocycles. The predicted octanol–water partition coefficient (Wildman–Crippen LogP) is 4.56. The van der Waals surface area contributed by atoms with Crippen LogP contribution >= 0.6 is 0 Å². The second-order valence-electron chi connectivity index (χ2n) is 4.59. The van der Waals surface area contributed by atoms with Gasteiger partial charge in [0, 0.05) is 5.71 Å². The van der Waals surface area contributed by atoms with Gasteiger partial charge in [0.05, 0.1) is 12.8 Å². The van der Waals surface area contributed by atoms with Crippen LogP contribution in [0.15, 0.2) is 53.6 Å². The fourth-order valence-electron chi connectivity index (χ4n) is 1.84. The van der Waals surface area contributed by atoms with Crippen molar-refractivity contribution in [2.45, 2.75) is 20.3 Å². The molecule has 104 valence electrons. The van der Waals surface area contributed by atoms with Crippen molar-refractivity contribution in [1.82, 2.24) is 0 Å². The molecule has 0 amide bonds. The minimum atomic E-state index is 0.789. The zero-order valence-corrected chi connectivity index (χ0v) is 12.2. The topological polar surface area (TPSA) is 33.6 Å². The Hall–Kier alpha value is -2.29. The van der Waals surface area contributed by atoms with Gasteiger partial charge in [-0.1, -0.05) is 43.3 Å². The van der Waals surface area contributed by atoms with Gasteiger partial charge in [-0.15, -0.1) is 0 Å². The first-order valence-electron chi connectivity index (χ1n) is 6.77. The molecule has 2 aromatic carbocycles. The van der Waals surface area contributed by atoms with E-state index >= 15 is 0 Å². The van der Waals surface area contributed by atoms with Crippen molar-refractivity contribution in [3.05, 3.63) is 48.5 Å². The molecule has 0 radical (unpaired) electrons. The highest BCUT2D eigenvalue weighted by Gasteiger charge is 2.05. The third-order valence-electron chi connectivity index (χ3n) is 3.19. The molecule has 3 heteroatoms. The van der Waals surface area contributed by atoms with Gasteiger partial charge in [0.2, 0.25) is 0 Å². The lowest BCUT2D eigenvalue weighted by atomic mass is 10.1. The van der Waals surface area contributed by atoms with Gasteiger partial charge in [-0.25, -0.2) is 0 Å². The molecule has 0 aliphatic rings. The third kappa shape index (κ3) is 3.38. The molecule has 0 saturated heterocycles. The minimum Gasteiger partial charge on any atom is -0.495 e. The quantitative estimate of drug-likeness (QED) is 0.637. The van der Waals surface area contributed by atoms with Gasteiger partial charge in [0.25, 0.3) is 0 Å². The molecule has 0 aliphatic heterocycles. The number of ether oxygens (including phenoxy) is 1. The lowest BCUT2D eigenvalue weighted by Crippen LogP contribution is -1.98. The number of benzene rings is 2. The number of rotatable bonds is 5. The maximum Gasteiger partial charge on any atom is 0.143 e. The third-order valence-corrected chi connectivity index (χ3v) is 3.19. The second-order valence-corrected chi connectivity index (χ2v) is 4.59. The molecule has 0 spiro atoms. The van der Waals surface area contributed by atoms with Crippen LogP contribution in [-0.2, 0) is 0 Å². The van der Waals surface area contributed by atoms with Gasteiger partial charge in [-0.3, -0.25) is 5.43 Å². The van der Waals surface area contributed by atoms with Crippen LogP contribution in [0.4, 0.5) is 5.69 Å². The molecular formula is C17H20N2O. The maximum absolute atomic E-state index is 5.37. The average Bonchev–Trinajstić information content (AvgIpc) is 2.53. The minimum absolute atomic E-state index is 0.789. The van der Waals surface area contributed by atoms with Crippen molar-refractivity contribution in [2.75, 3.05) is 12.5 Å². The van der Waals surface area contributed by atoms with Gasteiger partial charge in [0.15, 0.2) is 0 Å². The van der Waals surface area contributed by atoms with E-state index in [1.54, 1.807) is 7.11 Å². The summed E-state index contributed by atoms with van der Waals surface area (Å²) in [5.74, 6) is 0.789. The Kier molecular flexibility index (Phi) is 4.77. The van der Waals surface area contributed by atoms with E-state index in [1.165, 1.54) is 5.56 Å². The number of hydrogen-bond donors (Lipinski definition) is 1. The predicted molar refractivity (Wildman–Crippen MR) is 85.5 cm³/mol. The molecule has 3 nitrogen and oxygen atoms in total. The Morgan fingerprint density at radius 1 is 1.10 bits per heavy atom. The van der Waals surface area contributed by atoms with Gasteiger partial charge in [0.1, 0.15) is 5.75 Å². The number of nitrogens with zero attached hydrogens (tertiary/aromatic N) is 1. The smallest absolute Gasteiger partial charge is 0.143 e. The van der Waals surface area contributed by atoms with Gasteiger partial charge < -0.3 is 4.74 Å². The molecule has 0 fully saturated rings. The van der Waals surface area contributed by atoms with Crippen molar-refractivity contribution in [2.24, 2.45) is 5.10 Å². The van der Waals surface area contributed by atoms with Crippen LogP contribution in [0, 0.1) is 0 Å². The van der Waals surface area contributed by atoms with Crippen LogP contribution < -0.4 is 10.2 Å². The van der Waals surface area contributed by atoms with Crippen molar-refractivity contribution in [1.29, 1.82) is 0 Å². The van der Waals surface area contributed by atoms with E-state index in [2.05, 4.69) is 41.7 Å². The summed E-state index contributed by atoms with van der Waals surface area (Å²) in [4.78, 5) is 0. The Bertz CT molecular complexity index is 591. The summed E-state index contributed by atoms with van der Waals surface area (Å²) in [6.45, 7) is 4.08. The zero-order chi connectivity index (χ0) is 14.4. The molecular weight excluding hydrogens is 248 g/mol. The van der Waals surface area contributed by atoms with Crippen LogP contribution in [-0.4, -0.2) is 12.8 Å². The Balaban J connectivity index is 2.34. The molecule has 0 atom stereocenters. The van der Waals surface area contributed by atoms with E-state index in [-0.39, 0.29) is 0 Å². The Morgan fingerprint density at radius 2 is 1.85 bits per heavy atom. The zero-order valence-electron chi connectivity index (χ0n) is 12.2. The lowest BCUT2D eigenvalue weighted by Gasteiger charge is -2.11. The number of anilines is 1. The standard InChI is InChI=1S/C17H20N2O/c1-4-13(2)18-19-16-12-15(10-11-17(16)20-3)14-8-6-5-7-9-14/h5-12,19H,4H2,1-3H3/b18-13+. The van der Waals surface area contributed by atoms with Crippen LogP contribution in [0.3, 0.4) is 0 Å². The molecule has 2 rings (SSSR count). The van der Waals surface area contributed by atoms with E-state index in [0.717, 1.165) is 29.1 Å². The summed E-state index contributed by atoms with van der Waals surface area (Å²) >= 11 is 0. The fraction of sp³-hybridized carbons (Fsp3) is 0.235. The summed E-state index contributed by atoms with van der Waals surface area (Å²) in [6, 6.07) is 16.3. The van der Waals surface area contributed by atoms with Crippen molar-refractivity contribution < 1.29 is 4.74 Å². The van der Waals surface area contributed by atoms with Crippen LogP contribution in [0.2, 0.25) is 0 Å². The van der Waals surface area contributed by atoms with Crippen LogP contribution in [0.5, 0.6) is 5.75 Å². The van der Waals surface area contributed by atoms with E-state index in [4.69, 9.17) is 4.74 Å². The fourth-order valence-corrected chi connectivity index (χ4v) is 1.84.